The third kappa shape index (κ3) is 3.43. The van der Waals surface area contributed by atoms with E-state index >= 15 is 0 Å². The lowest BCUT2D eigenvalue weighted by Crippen LogP contribution is -1.81. The van der Waals surface area contributed by atoms with Crippen molar-refractivity contribution in [1.29, 1.82) is 10.5 Å². The lowest BCUT2D eigenvalue weighted by Gasteiger charge is -1.92. The fourth-order valence-corrected chi connectivity index (χ4v) is 0.531. The minimum Gasteiger partial charge on any atom is -0.501 e. The molecule has 0 atom stereocenters. The summed E-state index contributed by atoms with van der Waals surface area (Å²) in [6.45, 7) is 4.13. The van der Waals surface area contributed by atoms with E-state index in [0.717, 1.165) is 0 Å². The zero-order valence-electron chi connectivity index (χ0n) is 7.16. The zero-order chi connectivity index (χ0) is 9.40. The van der Waals surface area contributed by atoms with Gasteiger partial charge in [0.2, 0.25) is 0 Å². The molecule has 0 radical (unpaired) electrons. The zero-order valence-corrected chi connectivity index (χ0v) is 7.16. The van der Waals surface area contributed by atoms with Crippen LogP contribution in [0.4, 0.5) is 0 Å². The quantitative estimate of drug-likeness (QED) is 0.362. The molecule has 12 heavy (non-hydrogen) atoms. The maximum Gasteiger partial charge on any atom is 0.132 e. The number of allylic oxidation sites excluding steroid dienone is 3. The van der Waals surface area contributed by atoms with Gasteiger partial charge in [-0.05, 0) is 25.5 Å². The first-order chi connectivity index (χ1) is 5.76. The van der Waals surface area contributed by atoms with Gasteiger partial charge in [-0.2, -0.15) is 10.5 Å². The Morgan fingerprint density at radius 3 is 2.42 bits per heavy atom. The molecule has 3 heteroatoms. The number of ether oxygens (including phenoxy) is 1. The number of nitrogens with zero attached hydrogens (tertiary/aromatic N) is 2. The summed E-state index contributed by atoms with van der Waals surface area (Å²) in [6, 6.07) is 3.58. The number of rotatable bonds is 3. The van der Waals surface area contributed by atoms with E-state index in [1.54, 1.807) is 25.1 Å². The van der Waals surface area contributed by atoms with Crippen molar-refractivity contribution in [3.05, 3.63) is 23.5 Å². The lowest BCUT2D eigenvalue weighted by molar-refractivity contribution is 0.269. The third-order valence-corrected chi connectivity index (χ3v) is 1.20. The fourth-order valence-electron chi connectivity index (χ4n) is 0.531. The summed E-state index contributed by atoms with van der Waals surface area (Å²) < 4.78 is 4.91. The van der Waals surface area contributed by atoms with Gasteiger partial charge in [-0.25, -0.2) is 0 Å². The highest BCUT2D eigenvalue weighted by Crippen LogP contribution is 2.02. The average molecular weight is 162 g/mol. The Bertz CT molecular complexity index is 260. The summed E-state index contributed by atoms with van der Waals surface area (Å²) in [5.41, 5.74) is 0.736. The van der Waals surface area contributed by atoms with Crippen LogP contribution in [0.3, 0.4) is 0 Å². The smallest absolute Gasteiger partial charge is 0.132 e. The summed E-state index contributed by atoms with van der Waals surface area (Å²) >= 11 is 0. The monoisotopic (exact) mass is 162 g/mol. The molecule has 0 aromatic rings. The predicted molar refractivity (Wildman–Crippen MR) is 44.7 cm³/mol. The molecule has 0 aromatic carbocycles. The standard InChI is InChI=1S/C9H10N2O/c1-3-12-5-4-8(2)9(6-10)7-11/h4-5H,3H2,1-2H3/b5-4-. The van der Waals surface area contributed by atoms with Gasteiger partial charge in [0.05, 0.1) is 12.9 Å². The Labute approximate surface area is 72.2 Å². The molecular weight excluding hydrogens is 152 g/mol. The highest BCUT2D eigenvalue weighted by molar-refractivity contribution is 5.43. The second-order valence-electron chi connectivity index (χ2n) is 2.04. The van der Waals surface area contributed by atoms with Crippen molar-refractivity contribution in [2.45, 2.75) is 13.8 Å². The predicted octanol–water partition coefficient (Wildman–Crippen LogP) is 1.90. The largest absolute Gasteiger partial charge is 0.501 e. The molecule has 0 aliphatic heterocycles. The van der Waals surface area contributed by atoms with Crippen molar-refractivity contribution >= 4 is 0 Å². The molecule has 0 aromatic heterocycles. The van der Waals surface area contributed by atoms with E-state index in [-0.39, 0.29) is 5.57 Å². The van der Waals surface area contributed by atoms with Gasteiger partial charge < -0.3 is 4.74 Å². The summed E-state index contributed by atoms with van der Waals surface area (Å²) in [6.07, 6.45) is 3.08. The molecule has 0 saturated heterocycles. The van der Waals surface area contributed by atoms with Crippen molar-refractivity contribution in [1.82, 2.24) is 0 Å². The van der Waals surface area contributed by atoms with Crippen LogP contribution in [0.5, 0.6) is 0 Å². The van der Waals surface area contributed by atoms with Crippen molar-refractivity contribution in [3.8, 4) is 12.1 Å². The molecule has 0 rings (SSSR count). The van der Waals surface area contributed by atoms with E-state index in [1.807, 2.05) is 6.92 Å². The Hall–Kier alpha value is -1.74. The van der Waals surface area contributed by atoms with Gasteiger partial charge in [0, 0.05) is 0 Å². The van der Waals surface area contributed by atoms with E-state index in [1.165, 1.54) is 6.26 Å². The Kier molecular flexibility index (Phi) is 5.13. The molecule has 0 spiro atoms. The Balaban J connectivity index is 4.39. The van der Waals surface area contributed by atoms with Crippen LogP contribution in [-0.2, 0) is 4.74 Å². The first kappa shape index (κ1) is 10.3. The molecule has 62 valence electrons. The maximum atomic E-state index is 8.45. The van der Waals surface area contributed by atoms with Crippen LogP contribution in [0.2, 0.25) is 0 Å². The molecular formula is C9H10N2O. The normalized spacial score (nSPS) is 8.67. The second-order valence-corrected chi connectivity index (χ2v) is 2.04. The summed E-state index contributed by atoms with van der Waals surface area (Å²) in [4.78, 5) is 0. The molecule has 0 aliphatic carbocycles. The lowest BCUT2D eigenvalue weighted by atomic mass is 10.2. The second kappa shape index (κ2) is 6.00. The van der Waals surface area contributed by atoms with Crippen LogP contribution in [0.15, 0.2) is 23.5 Å². The minimum atomic E-state index is 0.117. The molecule has 0 fully saturated rings. The van der Waals surface area contributed by atoms with E-state index < -0.39 is 0 Å². The third-order valence-electron chi connectivity index (χ3n) is 1.20. The minimum absolute atomic E-state index is 0.117. The van der Waals surface area contributed by atoms with E-state index in [0.29, 0.717) is 12.2 Å². The topological polar surface area (TPSA) is 56.8 Å². The van der Waals surface area contributed by atoms with Gasteiger partial charge >= 0.3 is 0 Å². The van der Waals surface area contributed by atoms with E-state index in [4.69, 9.17) is 15.3 Å². The fraction of sp³-hybridized carbons (Fsp3) is 0.333. The van der Waals surface area contributed by atoms with Crippen LogP contribution in [-0.4, -0.2) is 6.61 Å². The molecule has 3 nitrogen and oxygen atoms in total. The van der Waals surface area contributed by atoms with Crippen LogP contribution in [0.25, 0.3) is 0 Å². The van der Waals surface area contributed by atoms with Gasteiger partial charge in [-0.3, -0.25) is 0 Å². The van der Waals surface area contributed by atoms with Crippen molar-refractivity contribution < 1.29 is 4.74 Å². The maximum absolute atomic E-state index is 8.45. The SMILES string of the molecule is CCO/C=C\C(C)=C(C#N)C#N. The van der Waals surface area contributed by atoms with Crippen molar-refractivity contribution in [2.75, 3.05) is 6.61 Å². The van der Waals surface area contributed by atoms with Gasteiger partial charge in [0.25, 0.3) is 0 Å². The molecule has 0 N–H and O–H groups in total. The number of nitriles is 2. The summed E-state index contributed by atoms with van der Waals surface area (Å²) in [7, 11) is 0. The molecule has 0 amide bonds. The highest BCUT2D eigenvalue weighted by atomic mass is 16.5. The van der Waals surface area contributed by atoms with Crippen LogP contribution >= 0.6 is 0 Å². The van der Waals surface area contributed by atoms with E-state index in [9.17, 15) is 0 Å². The molecule has 0 unspecified atom stereocenters. The first-order valence-corrected chi connectivity index (χ1v) is 3.55. The van der Waals surface area contributed by atoms with Crippen LogP contribution in [0.1, 0.15) is 13.8 Å². The van der Waals surface area contributed by atoms with Crippen molar-refractivity contribution in [2.24, 2.45) is 0 Å². The van der Waals surface area contributed by atoms with E-state index in [2.05, 4.69) is 0 Å². The van der Waals surface area contributed by atoms with Gasteiger partial charge in [-0.1, -0.05) is 0 Å². The summed E-state index contributed by atoms with van der Waals surface area (Å²) in [5.74, 6) is 0. The molecule has 0 heterocycles. The molecule has 0 saturated carbocycles. The molecule has 0 bridgehead atoms. The van der Waals surface area contributed by atoms with Gasteiger partial charge in [-0.15, -0.1) is 0 Å². The van der Waals surface area contributed by atoms with Gasteiger partial charge in [0.15, 0.2) is 0 Å². The first-order valence-electron chi connectivity index (χ1n) is 3.55. The van der Waals surface area contributed by atoms with Crippen LogP contribution in [0, 0.1) is 22.7 Å². The Morgan fingerprint density at radius 1 is 1.42 bits per heavy atom. The highest BCUT2D eigenvalue weighted by Gasteiger charge is 1.95. The summed E-state index contributed by atoms with van der Waals surface area (Å²) in [5, 5.41) is 16.9. The molecule has 0 aliphatic rings. The average Bonchev–Trinajstić information content (AvgIpc) is 2.07. The van der Waals surface area contributed by atoms with Crippen molar-refractivity contribution in [3.63, 3.8) is 0 Å². The van der Waals surface area contributed by atoms with Gasteiger partial charge in [0.1, 0.15) is 17.7 Å². The number of hydrogen-bond donors (Lipinski definition) is 0. The Morgan fingerprint density at radius 2 is 2.00 bits per heavy atom. The van der Waals surface area contributed by atoms with Crippen LogP contribution < -0.4 is 0 Å². The number of hydrogen-bond acceptors (Lipinski definition) is 3.